The van der Waals surface area contributed by atoms with E-state index in [4.69, 9.17) is 24.1 Å². The van der Waals surface area contributed by atoms with Crippen LogP contribution in [0.4, 0.5) is 0 Å². The maximum Gasteiger partial charge on any atom is 0.303 e. The number of aliphatic carboxylic acids is 1. The summed E-state index contributed by atoms with van der Waals surface area (Å²) < 4.78 is 21.0. The van der Waals surface area contributed by atoms with Crippen LogP contribution in [0.15, 0.2) is 17.2 Å². The van der Waals surface area contributed by atoms with Crippen molar-refractivity contribution in [3.63, 3.8) is 0 Å². The number of ketones is 1. The van der Waals surface area contributed by atoms with E-state index in [1.54, 1.807) is 6.08 Å². The third-order valence-corrected chi connectivity index (χ3v) is 4.27. The van der Waals surface area contributed by atoms with Gasteiger partial charge in [-0.2, -0.15) is 0 Å². The SMILES string of the molecule is COC1=C(OC)/C(=C/c2[nH]c(C(=O)CCCCC(=O)O)c(OC)c2OC)NC1=O. The maximum atomic E-state index is 12.6. The molecule has 0 saturated carbocycles. The molecule has 0 bridgehead atoms. The van der Waals surface area contributed by atoms with Gasteiger partial charge >= 0.3 is 5.97 Å². The summed E-state index contributed by atoms with van der Waals surface area (Å²) >= 11 is 0. The minimum Gasteiger partial charge on any atom is -0.491 e. The van der Waals surface area contributed by atoms with Gasteiger partial charge in [-0.3, -0.25) is 14.4 Å². The number of hydrogen-bond donors (Lipinski definition) is 3. The van der Waals surface area contributed by atoms with Crippen molar-refractivity contribution in [2.75, 3.05) is 28.4 Å². The number of carboxylic acids is 1. The number of ether oxygens (including phenoxy) is 4. The molecule has 0 saturated heterocycles. The summed E-state index contributed by atoms with van der Waals surface area (Å²) in [5, 5.41) is 11.3. The first-order chi connectivity index (χ1) is 13.9. The summed E-state index contributed by atoms with van der Waals surface area (Å²) in [6, 6.07) is 0. The van der Waals surface area contributed by atoms with Gasteiger partial charge in [0, 0.05) is 12.8 Å². The smallest absolute Gasteiger partial charge is 0.303 e. The fraction of sp³-hybridized carbons (Fsp3) is 0.421. The van der Waals surface area contributed by atoms with Gasteiger partial charge < -0.3 is 34.4 Å². The molecule has 0 atom stereocenters. The minimum absolute atomic E-state index is 0.00344. The molecule has 29 heavy (non-hydrogen) atoms. The molecule has 0 radical (unpaired) electrons. The highest BCUT2D eigenvalue weighted by atomic mass is 16.5. The third-order valence-electron chi connectivity index (χ3n) is 4.27. The lowest BCUT2D eigenvalue weighted by Crippen LogP contribution is -2.17. The Balaban J connectivity index is 2.35. The van der Waals surface area contributed by atoms with Crippen LogP contribution in [0.5, 0.6) is 11.5 Å². The molecule has 0 fully saturated rings. The van der Waals surface area contributed by atoms with Crippen LogP contribution < -0.4 is 14.8 Å². The van der Waals surface area contributed by atoms with Gasteiger partial charge in [-0.15, -0.1) is 0 Å². The van der Waals surface area contributed by atoms with E-state index in [1.165, 1.54) is 28.4 Å². The number of aromatic nitrogens is 1. The van der Waals surface area contributed by atoms with Crippen molar-refractivity contribution >= 4 is 23.7 Å². The van der Waals surface area contributed by atoms with Crippen molar-refractivity contribution in [2.45, 2.75) is 25.7 Å². The summed E-state index contributed by atoms with van der Waals surface area (Å²) in [7, 11) is 5.59. The molecule has 2 heterocycles. The molecule has 1 aromatic rings. The second kappa shape index (κ2) is 9.67. The van der Waals surface area contributed by atoms with Crippen LogP contribution in [-0.2, 0) is 19.1 Å². The van der Waals surface area contributed by atoms with Crippen LogP contribution in [0.1, 0.15) is 41.9 Å². The number of nitrogens with one attached hydrogen (secondary N) is 2. The molecule has 2 rings (SSSR count). The molecule has 1 aliphatic heterocycles. The second-order valence-electron chi connectivity index (χ2n) is 6.08. The Bertz CT molecular complexity index is 866. The number of rotatable bonds is 11. The zero-order valence-corrected chi connectivity index (χ0v) is 16.7. The number of aromatic amines is 1. The molecule has 1 aliphatic rings. The van der Waals surface area contributed by atoms with Gasteiger partial charge in [0.1, 0.15) is 5.69 Å². The fourth-order valence-corrected chi connectivity index (χ4v) is 2.96. The third kappa shape index (κ3) is 4.71. The highest BCUT2D eigenvalue weighted by Crippen LogP contribution is 2.38. The standard InChI is InChI=1S/C19H24N2O8/c1-26-15-10(9-11-16(27-2)18(29-4)19(25)21-11)20-14(17(15)28-3)12(22)7-5-6-8-13(23)24/h9,20H,5-8H2,1-4H3,(H,21,25)(H,23,24)/b11-9-. The first-order valence-electron chi connectivity index (χ1n) is 8.82. The Morgan fingerprint density at radius 1 is 0.931 bits per heavy atom. The monoisotopic (exact) mass is 408 g/mol. The first-order valence-corrected chi connectivity index (χ1v) is 8.82. The predicted molar refractivity (Wildman–Crippen MR) is 101 cm³/mol. The second-order valence-corrected chi connectivity index (χ2v) is 6.08. The lowest BCUT2D eigenvalue weighted by atomic mass is 10.1. The van der Waals surface area contributed by atoms with Gasteiger partial charge in [0.05, 0.1) is 39.8 Å². The van der Waals surface area contributed by atoms with Crippen LogP contribution >= 0.6 is 0 Å². The molecule has 158 valence electrons. The minimum atomic E-state index is -0.901. The van der Waals surface area contributed by atoms with Crippen LogP contribution in [0.2, 0.25) is 0 Å². The molecule has 0 unspecified atom stereocenters. The van der Waals surface area contributed by atoms with Crippen molar-refractivity contribution < 1.29 is 38.4 Å². The molecule has 0 aromatic carbocycles. The molecule has 0 aliphatic carbocycles. The molecule has 1 aromatic heterocycles. The molecule has 1 amide bonds. The van der Waals surface area contributed by atoms with Crippen LogP contribution in [-0.4, -0.2) is 56.2 Å². The molecular weight excluding hydrogens is 384 g/mol. The molecule has 10 heteroatoms. The average molecular weight is 408 g/mol. The number of carbonyl (C=O) groups is 3. The Labute approximate surface area is 167 Å². The predicted octanol–water partition coefficient (Wildman–Crippen LogP) is 1.83. The van der Waals surface area contributed by atoms with Crippen molar-refractivity contribution in [2.24, 2.45) is 0 Å². The topological polar surface area (TPSA) is 136 Å². The van der Waals surface area contributed by atoms with E-state index >= 15 is 0 Å². The molecule has 0 spiro atoms. The van der Waals surface area contributed by atoms with E-state index in [0.717, 1.165) is 0 Å². The first kappa shape index (κ1) is 21.9. The number of carboxylic acid groups (broad SMARTS) is 1. The number of Topliss-reactive ketones (excluding diaryl/α,β-unsaturated/α-hetero) is 1. The van der Waals surface area contributed by atoms with Gasteiger partial charge in [-0.25, -0.2) is 0 Å². The summed E-state index contributed by atoms with van der Waals surface area (Å²) in [4.78, 5) is 38.1. The Kier molecular flexibility index (Phi) is 7.29. The van der Waals surface area contributed by atoms with E-state index in [9.17, 15) is 14.4 Å². The molecular formula is C19H24N2O8. The van der Waals surface area contributed by atoms with Gasteiger partial charge in [-0.05, 0) is 18.9 Å². The van der Waals surface area contributed by atoms with Crippen LogP contribution in [0.25, 0.3) is 6.08 Å². The van der Waals surface area contributed by atoms with Crippen molar-refractivity contribution in [3.05, 3.63) is 28.6 Å². The Morgan fingerprint density at radius 3 is 2.10 bits per heavy atom. The van der Waals surface area contributed by atoms with Gasteiger partial charge in [0.15, 0.2) is 23.0 Å². The van der Waals surface area contributed by atoms with E-state index < -0.39 is 11.9 Å². The summed E-state index contributed by atoms with van der Waals surface area (Å²) in [6.07, 6.45) is 2.52. The zero-order chi connectivity index (χ0) is 21.6. The number of unbranched alkanes of at least 4 members (excludes halogenated alkanes) is 1. The lowest BCUT2D eigenvalue weighted by molar-refractivity contribution is -0.137. The fourth-order valence-electron chi connectivity index (χ4n) is 2.96. The maximum absolute atomic E-state index is 12.6. The van der Waals surface area contributed by atoms with Gasteiger partial charge in [0.25, 0.3) is 5.91 Å². The summed E-state index contributed by atoms with van der Waals surface area (Å²) in [6.45, 7) is 0. The van der Waals surface area contributed by atoms with Crippen molar-refractivity contribution in [1.82, 2.24) is 10.3 Å². The normalized spacial score (nSPS) is 14.8. The Morgan fingerprint density at radius 2 is 1.55 bits per heavy atom. The average Bonchev–Trinajstić information content (AvgIpc) is 3.20. The number of H-pyrrole nitrogens is 1. The molecule has 10 nitrogen and oxygen atoms in total. The number of amides is 1. The lowest BCUT2D eigenvalue weighted by Gasteiger charge is -2.06. The number of carbonyl (C=O) groups excluding carboxylic acids is 2. The molecule has 3 N–H and O–H groups in total. The number of hydrogen-bond acceptors (Lipinski definition) is 7. The highest BCUT2D eigenvalue weighted by Gasteiger charge is 2.31. The van der Waals surface area contributed by atoms with E-state index in [-0.39, 0.29) is 47.3 Å². The van der Waals surface area contributed by atoms with Crippen LogP contribution in [0, 0.1) is 0 Å². The summed E-state index contributed by atoms with van der Waals surface area (Å²) in [5.74, 6) is -0.845. The zero-order valence-electron chi connectivity index (χ0n) is 16.7. The van der Waals surface area contributed by atoms with Crippen molar-refractivity contribution in [3.8, 4) is 11.5 Å². The summed E-state index contributed by atoms with van der Waals surface area (Å²) in [5.41, 5.74) is 0.920. The quantitative estimate of drug-likeness (QED) is 0.373. The van der Waals surface area contributed by atoms with E-state index in [2.05, 4.69) is 10.3 Å². The Hall–Kier alpha value is -3.43. The van der Waals surface area contributed by atoms with E-state index in [1.807, 2.05) is 0 Å². The number of methoxy groups -OCH3 is 4. The van der Waals surface area contributed by atoms with Crippen LogP contribution in [0.3, 0.4) is 0 Å². The highest BCUT2D eigenvalue weighted by molar-refractivity contribution is 6.00. The van der Waals surface area contributed by atoms with Gasteiger partial charge in [-0.1, -0.05) is 0 Å². The van der Waals surface area contributed by atoms with Gasteiger partial charge in [0.2, 0.25) is 5.76 Å². The largest absolute Gasteiger partial charge is 0.491 e. The van der Waals surface area contributed by atoms with E-state index in [0.29, 0.717) is 24.2 Å². The van der Waals surface area contributed by atoms with Crippen molar-refractivity contribution in [1.29, 1.82) is 0 Å².